The fourth-order valence-corrected chi connectivity index (χ4v) is 2.76. The zero-order chi connectivity index (χ0) is 14.7. The summed E-state index contributed by atoms with van der Waals surface area (Å²) in [5.41, 5.74) is 11.1. The average Bonchev–Trinajstić information content (AvgIpc) is 2.55. The molecule has 2 N–H and O–H groups in total. The molecule has 1 aromatic heterocycles. The Balaban J connectivity index is 1.98. The Bertz CT molecular complexity index is 727. The third kappa shape index (κ3) is 2.81. The molecule has 3 rings (SSSR count). The van der Waals surface area contributed by atoms with Gasteiger partial charge in [-0.15, -0.1) is 0 Å². The van der Waals surface area contributed by atoms with Crippen LogP contribution in [0.1, 0.15) is 36.1 Å². The SMILES string of the molecule is CCCc1ccc(C(N)c2cccc3ncccc23)cc1. The van der Waals surface area contributed by atoms with Crippen molar-refractivity contribution in [2.45, 2.75) is 25.8 Å². The summed E-state index contributed by atoms with van der Waals surface area (Å²) < 4.78 is 0. The lowest BCUT2D eigenvalue weighted by molar-refractivity contribution is 0.873. The smallest absolute Gasteiger partial charge is 0.0705 e. The zero-order valence-corrected chi connectivity index (χ0v) is 12.3. The molecule has 0 bridgehead atoms. The first-order valence-electron chi connectivity index (χ1n) is 7.47. The Morgan fingerprint density at radius 3 is 2.57 bits per heavy atom. The summed E-state index contributed by atoms with van der Waals surface area (Å²) in [6.07, 6.45) is 4.10. The van der Waals surface area contributed by atoms with E-state index in [-0.39, 0.29) is 6.04 Å². The number of nitrogens with zero attached hydrogens (tertiary/aromatic N) is 1. The predicted octanol–water partition coefficient (Wildman–Crippen LogP) is 4.24. The molecule has 0 aliphatic rings. The molecule has 2 heteroatoms. The minimum Gasteiger partial charge on any atom is -0.320 e. The number of rotatable bonds is 4. The predicted molar refractivity (Wildman–Crippen MR) is 88.2 cm³/mol. The molecule has 2 aromatic carbocycles. The first kappa shape index (κ1) is 13.8. The van der Waals surface area contributed by atoms with Crippen LogP contribution in [0.15, 0.2) is 60.8 Å². The van der Waals surface area contributed by atoms with Gasteiger partial charge in [0.2, 0.25) is 0 Å². The van der Waals surface area contributed by atoms with Crippen LogP contribution in [0.2, 0.25) is 0 Å². The van der Waals surface area contributed by atoms with Crippen molar-refractivity contribution in [3.63, 3.8) is 0 Å². The molecular formula is C19H20N2. The molecule has 106 valence electrons. The van der Waals surface area contributed by atoms with Crippen LogP contribution in [0, 0.1) is 0 Å². The third-order valence-electron chi connectivity index (χ3n) is 3.89. The first-order chi connectivity index (χ1) is 10.3. The second-order valence-corrected chi connectivity index (χ2v) is 5.39. The van der Waals surface area contributed by atoms with Crippen LogP contribution in [-0.4, -0.2) is 4.98 Å². The van der Waals surface area contributed by atoms with Crippen molar-refractivity contribution in [2.24, 2.45) is 5.73 Å². The third-order valence-corrected chi connectivity index (χ3v) is 3.89. The van der Waals surface area contributed by atoms with Crippen molar-refractivity contribution < 1.29 is 0 Å². The normalized spacial score (nSPS) is 12.5. The number of benzene rings is 2. The molecule has 0 radical (unpaired) electrons. The van der Waals surface area contributed by atoms with Crippen LogP contribution in [-0.2, 0) is 6.42 Å². The Labute approximate surface area is 125 Å². The van der Waals surface area contributed by atoms with Crippen molar-refractivity contribution in [3.05, 3.63) is 77.5 Å². The van der Waals surface area contributed by atoms with Gasteiger partial charge in [0.15, 0.2) is 0 Å². The molecule has 3 aromatic rings. The molecule has 1 atom stereocenters. The molecule has 1 unspecified atom stereocenters. The summed E-state index contributed by atoms with van der Waals surface area (Å²) in [5.74, 6) is 0. The maximum Gasteiger partial charge on any atom is 0.0705 e. The Morgan fingerprint density at radius 2 is 1.81 bits per heavy atom. The van der Waals surface area contributed by atoms with Crippen molar-refractivity contribution >= 4 is 10.9 Å². The second-order valence-electron chi connectivity index (χ2n) is 5.39. The van der Waals surface area contributed by atoms with Crippen molar-refractivity contribution in [1.82, 2.24) is 4.98 Å². The Morgan fingerprint density at radius 1 is 1.00 bits per heavy atom. The lowest BCUT2D eigenvalue weighted by Gasteiger charge is -2.15. The number of hydrogen-bond donors (Lipinski definition) is 1. The van der Waals surface area contributed by atoms with Gasteiger partial charge in [0, 0.05) is 11.6 Å². The van der Waals surface area contributed by atoms with Gasteiger partial charge in [0.25, 0.3) is 0 Å². The van der Waals surface area contributed by atoms with Crippen LogP contribution in [0.4, 0.5) is 0 Å². The van der Waals surface area contributed by atoms with E-state index in [4.69, 9.17) is 5.73 Å². The standard InChI is InChI=1S/C19H20N2/c1-2-5-14-9-11-15(12-10-14)19(20)17-6-3-8-18-16(17)7-4-13-21-18/h3-4,6-13,19H,2,5,20H2,1H3. The van der Waals surface area contributed by atoms with E-state index in [0.29, 0.717) is 0 Å². The summed E-state index contributed by atoms with van der Waals surface area (Å²) in [6, 6.07) is 18.7. The summed E-state index contributed by atoms with van der Waals surface area (Å²) in [4.78, 5) is 4.40. The van der Waals surface area contributed by atoms with Crippen LogP contribution in [0.25, 0.3) is 10.9 Å². The lowest BCUT2D eigenvalue weighted by atomic mass is 9.95. The molecule has 0 saturated carbocycles. The van der Waals surface area contributed by atoms with Gasteiger partial charge in [-0.2, -0.15) is 0 Å². The summed E-state index contributed by atoms with van der Waals surface area (Å²) in [5, 5.41) is 1.13. The number of aryl methyl sites for hydroxylation is 1. The maximum atomic E-state index is 6.48. The topological polar surface area (TPSA) is 38.9 Å². The molecule has 0 spiro atoms. The fourth-order valence-electron chi connectivity index (χ4n) is 2.76. The highest BCUT2D eigenvalue weighted by atomic mass is 14.7. The zero-order valence-electron chi connectivity index (χ0n) is 12.3. The van der Waals surface area contributed by atoms with Crippen LogP contribution >= 0.6 is 0 Å². The quantitative estimate of drug-likeness (QED) is 0.774. The van der Waals surface area contributed by atoms with Gasteiger partial charge in [-0.1, -0.05) is 55.8 Å². The molecule has 1 heterocycles. The van der Waals surface area contributed by atoms with E-state index in [1.165, 1.54) is 12.0 Å². The lowest BCUT2D eigenvalue weighted by Crippen LogP contribution is -2.12. The highest BCUT2D eigenvalue weighted by Gasteiger charge is 2.12. The molecule has 0 fully saturated rings. The van der Waals surface area contributed by atoms with Crippen molar-refractivity contribution in [3.8, 4) is 0 Å². The monoisotopic (exact) mass is 276 g/mol. The fraction of sp³-hybridized carbons (Fsp3) is 0.211. The molecule has 2 nitrogen and oxygen atoms in total. The molecule has 21 heavy (non-hydrogen) atoms. The van der Waals surface area contributed by atoms with Gasteiger partial charge in [-0.05, 0) is 35.2 Å². The minimum atomic E-state index is -0.117. The van der Waals surface area contributed by atoms with Crippen LogP contribution in [0.3, 0.4) is 0 Å². The highest BCUT2D eigenvalue weighted by Crippen LogP contribution is 2.26. The largest absolute Gasteiger partial charge is 0.320 e. The van der Waals surface area contributed by atoms with Gasteiger partial charge in [-0.3, -0.25) is 4.98 Å². The molecular weight excluding hydrogens is 256 g/mol. The highest BCUT2D eigenvalue weighted by molar-refractivity contribution is 5.82. The molecule has 0 saturated heterocycles. The summed E-state index contributed by atoms with van der Waals surface area (Å²) in [6.45, 7) is 2.20. The second kappa shape index (κ2) is 6.06. The maximum absolute atomic E-state index is 6.48. The summed E-state index contributed by atoms with van der Waals surface area (Å²) >= 11 is 0. The van der Waals surface area contributed by atoms with Crippen molar-refractivity contribution in [1.29, 1.82) is 0 Å². The minimum absolute atomic E-state index is 0.117. The molecule has 0 amide bonds. The van der Waals surface area contributed by atoms with E-state index in [9.17, 15) is 0 Å². The van der Waals surface area contributed by atoms with Crippen LogP contribution < -0.4 is 5.73 Å². The number of fused-ring (bicyclic) bond motifs is 1. The molecule has 0 aliphatic heterocycles. The van der Waals surface area contributed by atoms with Crippen LogP contribution in [0.5, 0.6) is 0 Å². The number of pyridine rings is 1. The number of aromatic nitrogens is 1. The van der Waals surface area contributed by atoms with Gasteiger partial charge in [0.05, 0.1) is 11.6 Å². The van der Waals surface area contributed by atoms with Crippen molar-refractivity contribution in [2.75, 3.05) is 0 Å². The van der Waals surface area contributed by atoms with Gasteiger partial charge < -0.3 is 5.73 Å². The van der Waals surface area contributed by atoms with E-state index in [2.05, 4.69) is 48.3 Å². The van der Waals surface area contributed by atoms with E-state index in [1.54, 1.807) is 0 Å². The van der Waals surface area contributed by atoms with E-state index in [1.807, 2.05) is 24.4 Å². The Kier molecular flexibility index (Phi) is 3.98. The van der Waals surface area contributed by atoms with E-state index < -0.39 is 0 Å². The van der Waals surface area contributed by atoms with Gasteiger partial charge in [0.1, 0.15) is 0 Å². The number of nitrogens with two attached hydrogens (primary N) is 1. The average molecular weight is 276 g/mol. The first-order valence-corrected chi connectivity index (χ1v) is 7.47. The van der Waals surface area contributed by atoms with E-state index >= 15 is 0 Å². The Hall–Kier alpha value is -2.19. The summed E-state index contributed by atoms with van der Waals surface area (Å²) in [7, 11) is 0. The van der Waals surface area contributed by atoms with E-state index in [0.717, 1.165) is 28.5 Å². The molecule has 0 aliphatic carbocycles. The number of hydrogen-bond acceptors (Lipinski definition) is 2. The van der Waals surface area contributed by atoms with Gasteiger partial charge in [-0.25, -0.2) is 0 Å². The van der Waals surface area contributed by atoms with Gasteiger partial charge >= 0.3 is 0 Å².